The maximum absolute atomic E-state index is 11.8. The lowest BCUT2D eigenvalue weighted by atomic mass is 9.96. The molecule has 7 nitrogen and oxygen atoms in total. The Bertz CT molecular complexity index is 1120. The van der Waals surface area contributed by atoms with E-state index in [4.69, 9.17) is 5.73 Å². The Morgan fingerprint density at radius 3 is 2.82 bits per heavy atom. The largest absolute Gasteiger partial charge is 0.398 e. The standard InChI is InChI=1S/C21H24N6O/c1-13(28)27-7-6-19(23-2)18(12-27)21(22)17-10-24-20-8-14(4-5-16(17)20)15-9-25-26(3)11-15/h4-5,8-11,24H,6-7,12,22H2,1-3H3. The van der Waals surface area contributed by atoms with Gasteiger partial charge >= 0.3 is 0 Å². The molecular weight excluding hydrogens is 352 g/mol. The van der Waals surface area contributed by atoms with Crippen LogP contribution in [0.2, 0.25) is 0 Å². The Morgan fingerprint density at radius 1 is 1.32 bits per heavy atom. The fourth-order valence-electron chi connectivity index (χ4n) is 3.77. The van der Waals surface area contributed by atoms with Crippen LogP contribution in [0.15, 0.2) is 47.4 Å². The van der Waals surface area contributed by atoms with E-state index < -0.39 is 0 Å². The maximum Gasteiger partial charge on any atom is 0.219 e. The number of nitrogens with zero attached hydrogens (tertiary/aromatic N) is 4. The molecule has 28 heavy (non-hydrogen) atoms. The van der Waals surface area contributed by atoms with E-state index in [2.05, 4.69) is 33.3 Å². The molecule has 1 fully saturated rings. The highest BCUT2D eigenvalue weighted by molar-refractivity contribution is 6.09. The van der Waals surface area contributed by atoms with Gasteiger partial charge in [-0.1, -0.05) is 12.1 Å². The van der Waals surface area contributed by atoms with Gasteiger partial charge in [0.1, 0.15) is 0 Å². The number of carbonyl (C=O) groups excluding carboxylic acids is 1. The Balaban J connectivity index is 1.77. The highest BCUT2D eigenvalue weighted by atomic mass is 16.2. The van der Waals surface area contributed by atoms with E-state index in [9.17, 15) is 4.79 Å². The summed E-state index contributed by atoms with van der Waals surface area (Å²) in [5.41, 5.74) is 13.3. The van der Waals surface area contributed by atoms with Crippen LogP contribution in [0.5, 0.6) is 0 Å². The van der Waals surface area contributed by atoms with Gasteiger partial charge in [-0.2, -0.15) is 5.10 Å². The van der Waals surface area contributed by atoms with Gasteiger partial charge in [0.15, 0.2) is 0 Å². The van der Waals surface area contributed by atoms with Crippen LogP contribution in [0.3, 0.4) is 0 Å². The number of aromatic amines is 1. The van der Waals surface area contributed by atoms with Gasteiger partial charge < -0.3 is 15.6 Å². The second kappa shape index (κ2) is 6.99. The molecule has 0 atom stereocenters. The molecule has 3 N–H and O–H groups in total. The summed E-state index contributed by atoms with van der Waals surface area (Å²) in [5.74, 6) is 0.0560. The zero-order valence-electron chi connectivity index (χ0n) is 16.4. The second-order valence-corrected chi connectivity index (χ2v) is 7.12. The number of aliphatic imine (C=N–C) groups is 1. The van der Waals surface area contributed by atoms with Crippen molar-refractivity contribution in [3.05, 3.63) is 47.9 Å². The molecule has 0 spiro atoms. The second-order valence-electron chi connectivity index (χ2n) is 7.12. The third-order valence-electron chi connectivity index (χ3n) is 5.37. The molecule has 1 aliphatic rings. The predicted octanol–water partition coefficient (Wildman–Crippen LogP) is 2.56. The van der Waals surface area contributed by atoms with E-state index in [-0.39, 0.29) is 5.91 Å². The summed E-state index contributed by atoms with van der Waals surface area (Å²) in [7, 11) is 3.68. The third-order valence-corrected chi connectivity index (χ3v) is 5.37. The highest BCUT2D eigenvalue weighted by Gasteiger charge is 2.24. The minimum absolute atomic E-state index is 0.0560. The van der Waals surface area contributed by atoms with Gasteiger partial charge in [0.25, 0.3) is 0 Å². The summed E-state index contributed by atoms with van der Waals surface area (Å²) in [6, 6.07) is 6.25. The number of piperidine rings is 1. The minimum Gasteiger partial charge on any atom is -0.398 e. The van der Waals surface area contributed by atoms with Crippen LogP contribution in [0, 0.1) is 0 Å². The normalized spacial score (nSPS) is 18.1. The zero-order chi connectivity index (χ0) is 19.8. The topological polar surface area (TPSA) is 92.3 Å². The molecule has 0 bridgehead atoms. The van der Waals surface area contributed by atoms with Crippen LogP contribution in [-0.2, 0) is 11.8 Å². The van der Waals surface area contributed by atoms with Crippen molar-refractivity contribution in [3.8, 4) is 11.1 Å². The molecule has 1 aliphatic heterocycles. The number of H-pyrrole nitrogens is 1. The summed E-state index contributed by atoms with van der Waals surface area (Å²) < 4.78 is 1.79. The summed E-state index contributed by atoms with van der Waals surface area (Å²) in [6.45, 7) is 2.77. The van der Waals surface area contributed by atoms with Gasteiger partial charge in [0.2, 0.25) is 5.91 Å². The molecule has 4 rings (SSSR count). The molecular formula is C21H24N6O. The Morgan fingerprint density at radius 2 is 2.14 bits per heavy atom. The number of benzene rings is 1. The number of likely N-dealkylation sites (tertiary alicyclic amines) is 1. The summed E-state index contributed by atoms with van der Waals surface area (Å²) >= 11 is 0. The van der Waals surface area contributed by atoms with Crippen molar-refractivity contribution < 1.29 is 4.79 Å². The Hall–Kier alpha value is -3.35. The summed E-state index contributed by atoms with van der Waals surface area (Å²) in [6.07, 6.45) is 6.49. The lowest BCUT2D eigenvalue weighted by Gasteiger charge is -2.30. The van der Waals surface area contributed by atoms with E-state index in [1.807, 2.05) is 30.5 Å². The van der Waals surface area contributed by atoms with Gasteiger partial charge in [0, 0.05) is 91.9 Å². The number of nitrogens with two attached hydrogens (primary N) is 1. The highest BCUT2D eigenvalue weighted by Crippen LogP contribution is 2.30. The number of rotatable bonds is 2. The molecule has 2 aromatic heterocycles. The lowest BCUT2D eigenvalue weighted by Crippen LogP contribution is -2.39. The first-order valence-corrected chi connectivity index (χ1v) is 9.28. The average Bonchev–Trinajstić information content (AvgIpc) is 3.32. The van der Waals surface area contributed by atoms with E-state index in [0.717, 1.165) is 45.3 Å². The van der Waals surface area contributed by atoms with E-state index >= 15 is 0 Å². The van der Waals surface area contributed by atoms with Gasteiger partial charge in [-0.3, -0.25) is 14.5 Å². The summed E-state index contributed by atoms with van der Waals surface area (Å²) in [4.78, 5) is 21.4. The van der Waals surface area contributed by atoms with E-state index in [1.165, 1.54) is 0 Å². The van der Waals surface area contributed by atoms with Crippen LogP contribution in [-0.4, -0.2) is 51.4 Å². The molecule has 0 radical (unpaired) electrons. The lowest BCUT2D eigenvalue weighted by molar-refractivity contribution is -0.128. The Kier molecular flexibility index (Phi) is 4.50. The average molecular weight is 376 g/mol. The smallest absolute Gasteiger partial charge is 0.219 e. The maximum atomic E-state index is 11.8. The number of aromatic nitrogens is 3. The van der Waals surface area contributed by atoms with Crippen LogP contribution in [0.25, 0.3) is 27.7 Å². The summed E-state index contributed by atoms with van der Waals surface area (Å²) in [5, 5.41) is 5.29. The minimum atomic E-state index is 0.0560. The first-order valence-electron chi connectivity index (χ1n) is 9.28. The van der Waals surface area contributed by atoms with E-state index in [1.54, 1.807) is 18.7 Å². The number of aryl methyl sites for hydroxylation is 1. The van der Waals surface area contributed by atoms with Crippen LogP contribution < -0.4 is 5.73 Å². The van der Waals surface area contributed by atoms with Crippen molar-refractivity contribution >= 4 is 28.2 Å². The number of nitrogens with one attached hydrogen (secondary N) is 1. The fourth-order valence-corrected chi connectivity index (χ4v) is 3.77. The number of hydrogen-bond acceptors (Lipinski definition) is 4. The molecule has 3 heterocycles. The number of fused-ring (bicyclic) bond motifs is 1. The molecule has 1 saturated heterocycles. The number of carbonyl (C=O) groups is 1. The van der Waals surface area contributed by atoms with E-state index in [0.29, 0.717) is 18.8 Å². The molecule has 144 valence electrons. The van der Waals surface area contributed by atoms with Gasteiger partial charge in [-0.15, -0.1) is 0 Å². The van der Waals surface area contributed by atoms with Gasteiger partial charge in [-0.25, -0.2) is 0 Å². The van der Waals surface area contributed by atoms with Crippen molar-refractivity contribution in [2.45, 2.75) is 13.3 Å². The van der Waals surface area contributed by atoms with Crippen LogP contribution >= 0.6 is 0 Å². The third kappa shape index (κ3) is 3.09. The first kappa shape index (κ1) is 18.0. The molecule has 1 amide bonds. The fraction of sp³-hybridized carbons (Fsp3) is 0.286. The molecule has 0 saturated carbocycles. The van der Waals surface area contributed by atoms with Gasteiger partial charge in [-0.05, 0) is 11.6 Å². The first-order chi connectivity index (χ1) is 13.5. The van der Waals surface area contributed by atoms with Crippen molar-refractivity contribution in [2.75, 3.05) is 20.1 Å². The van der Waals surface area contributed by atoms with Crippen molar-refractivity contribution in [3.63, 3.8) is 0 Å². The SMILES string of the molecule is CN=C1CCN(C(C)=O)CC1=C(N)c1c[nH]c2cc(-c3cnn(C)c3)ccc12. The van der Waals surface area contributed by atoms with Crippen molar-refractivity contribution in [2.24, 2.45) is 17.8 Å². The molecule has 0 unspecified atom stereocenters. The predicted molar refractivity (Wildman–Crippen MR) is 112 cm³/mol. The Labute approximate surface area is 163 Å². The van der Waals surface area contributed by atoms with Gasteiger partial charge in [0.05, 0.1) is 6.20 Å². The van der Waals surface area contributed by atoms with Crippen LogP contribution in [0.1, 0.15) is 18.9 Å². The molecule has 3 aromatic rings. The number of amides is 1. The number of hydrogen-bond donors (Lipinski definition) is 2. The zero-order valence-corrected chi connectivity index (χ0v) is 16.4. The van der Waals surface area contributed by atoms with Crippen molar-refractivity contribution in [1.82, 2.24) is 19.7 Å². The van der Waals surface area contributed by atoms with Crippen LogP contribution in [0.4, 0.5) is 0 Å². The van der Waals surface area contributed by atoms with Crippen molar-refractivity contribution in [1.29, 1.82) is 0 Å². The monoisotopic (exact) mass is 376 g/mol. The molecule has 0 aliphatic carbocycles. The molecule has 7 heteroatoms. The molecule has 1 aromatic carbocycles. The quantitative estimate of drug-likeness (QED) is 0.720.